The number of thioether (sulfide) groups is 1. The Labute approximate surface area is 128 Å². The highest BCUT2D eigenvalue weighted by Crippen LogP contribution is 2.30. The van der Waals surface area contributed by atoms with E-state index in [-0.39, 0.29) is 0 Å². The molecule has 0 saturated heterocycles. The van der Waals surface area contributed by atoms with Crippen molar-refractivity contribution in [3.63, 3.8) is 0 Å². The van der Waals surface area contributed by atoms with E-state index in [9.17, 15) is 5.11 Å². The second-order valence-electron chi connectivity index (χ2n) is 4.49. The summed E-state index contributed by atoms with van der Waals surface area (Å²) in [5.41, 5.74) is 2.00. The number of rotatable bonds is 5. The monoisotopic (exact) mass is 308 g/mol. The molecule has 106 valence electrons. The lowest BCUT2D eigenvalue weighted by Gasteiger charge is -2.09. The molecule has 2 rings (SSSR count). The highest BCUT2D eigenvalue weighted by molar-refractivity contribution is 7.98. The summed E-state index contributed by atoms with van der Waals surface area (Å²) in [6, 6.07) is 13.6. The minimum Gasteiger partial charge on any atom is -0.496 e. The molecule has 2 aromatic rings. The number of aliphatic hydroxyl groups is 1. The molecule has 0 spiro atoms. The molecule has 0 aliphatic rings. The van der Waals surface area contributed by atoms with E-state index in [1.54, 1.807) is 25.8 Å². The average Bonchev–Trinajstić information content (AvgIpc) is 2.45. The molecule has 2 nitrogen and oxygen atoms in total. The number of benzene rings is 2. The van der Waals surface area contributed by atoms with Crippen molar-refractivity contribution >= 4 is 23.4 Å². The molecule has 4 heteroatoms. The molecule has 20 heavy (non-hydrogen) atoms. The van der Waals surface area contributed by atoms with Gasteiger partial charge in [-0.05, 0) is 42.8 Å². The summed E-state index contributed by atoms with van der Waals surface area (Å²) in [5, 5.41) is 10.2. The maximum Gasteiger partial charge on any atom is 0.123 e. The second-order valence-corrected chi connectivity index (χ2v) is 5.98. The highest BCUT2D eigenvalue weighted by Gasteiger charge is 2.06. The smallest absolute Gasteiger partial charge is 0.123 e. The van der Waals surface area contributed by atoms with Crippen molar-refractivity contribution in [3.8, 4) is 5.75 Å². The molecule has 0 saturated carbocycles. The third-order valence-electron chi connectivity index (χ3n) is 3.00. The van der Waals surface area contributed by atoms with Crippen LogP contribution in [0.2, 0.25) is 5.02 Å². The van der Waals surface area contributed by atoms with Crippen molar-refractivity contribution in [1.82, 2.24) is 0 Å². The summed E-state index contributed by atoms with van der Waals surface area (Å²) >= 11 is 7.73. The summed E-state index contributed by atoms with van der Waals surface area (Å²) in [5.74, 6) is 1.64. The lowest BCUT2D eigenvalue weighted by molar-refractivity contribution is 0.199. The van der Waals surface area contributed by atoms with Gasteiger partial charge in [-0.15, -0.1) is 11.8 Å². The number of hydrogen-bond acceptors (Lipinski definition) is 3. The Morgan fingerprint density at radius 2 is 1.90 bits per heavy atom. The molecule has 0 aliphatic heterocycles. The molecule has 0 fully saturated rings. The fourth-order valence-electron chi connectivity index (χ4n) is 1.86. The standard InChI is InChI=1S/C16H17ClO2S/c1-11(18)12-3-6-15(7-4-12)20-10-13-9-14(17)5-8-16(13)19-2/h3-9,11,18H,10H2,1-2H3. The first-order valence-electron chi connectivity index (χ1n) is 6.33. The van der Waals surface area contributed by atoms with Crippen molar-refractivity contribution in [3.05, 3.63) is 58.6 Å². The van der Waals surface area contributed by atoms with Gasteiger partial charge in [0.2, 0.25) is 0 Å². The number of ether oxygens (including phenoxy) is 1. The summed E-state index contributed by atoms with van der Waals surface area (Å²) < 4.78 is 5.33. The first kappa shape index (κ1) is 15.2. The Kier molecular flexibility index (Phi) is 5.35. The molecule has 0 aromatic heterocycles. The number of aliphatic hydroxyl groups excluding tert-OH is 1. The normalized spacial score (nSPS) is 12.2. The molecule has 0 amide bonds. The van der Waals surface area contributed by atoms with Gasteiger partial charge in [-0.25, -0.2) is 0 Å². The number of methoxy groups -OCH3 is 1. The van der Waals surface area contributed by atoms with Crippen molar-refractivity contribution in [2.75, 3.05) is 7.11 Å². The van der Waals surface area contributed by atoms with Gasteiger partial charge in [-0.1, -0.05) is 23.7 Å². The van der Waals surface area contributed by atoms with Gasteiger partial charge in [0.05, 0.1) is 13.2 Å². The lowest BCUT2D eigenvalue weighted by Crippen LogP contribution is -1.91. The van der Waals surface area contributed by atoms with E-state index in [0.29, 0.717) is 5.02 Å². The Bertz CT molecular complexity index is 567. The van der Waals surface area contributed by atoms with Crippen LogP contribution in [-0.2, 0) is 5.75 Å². The van der Waals surface area contributed by atoms with E-state index in [1.807, 2.05) is 42.5 Å². The van der Waals surface area contributed by atoms with Crippen LogP contribution in [0.4, 0.5) is 0 Å². The maximum absolute atomic E-state index is 9.48. The zero-order valence-electron chi connectivity index (χ0n) is 11.5. The number of hydrogen-bond donors (Lipinski definition) is 1. The third kappa shape index (κ3) is 3.92. The molecular formula is C16H17ClO2S. The fraction of sp³-hybridized carbons (Fsp3) is 0.250. The van der Waals surface area contributed by atoms with Crippen LogP contribution in [0.5, 0.6) is 5.75 Å². The SMILES string of the molecule is COc1ccc(Cl)cc1CSc1ccc(C(C)O)cc1. The van der Waals surface area contributed by atoms with E-state index in [1.165, 1.54) is 0 Å². The molecular weight excluding hydrogens is 292 g/mol. The highest BCUT2D eigenvalue weighted by atomic mass is 35.5. The van der Waals surface area contributed by atoms with Crippen LogP contribution in [-0.4, -0.2) is 12.2 Å². The second kappa shape index (κ2) is 7.02. The lowest BCUT2D eigenvalue weighted by atomic mass is 10.1. The zero-order chi connectivity index (χ0) is 14.5. The van der Waals surface area contributed by atoms with Crippen LogP contribution in [0.3, 0.4) is 0 Å². The first-order chi connectivity index (χ1) is 9.60. The molecule has 0 aliphatic carbocycles. The molecule has 0 bridgehead atoms. The Balaban J connectivity index is 2.06. The van der Waals surface area contributed by atoms with E-state index in [4.69, 9.17) is 16.3 Å². The van der Waals surface area contributed by atoms with Gasteiger partial charge in [0.25, 0.3) is 0 Å². The largest absolute Gasteiger partial charge is 0.496 e. The Morgan fingerprint density at radius 3 is 2.50 bits per heavy atom. The third-order valence-corrected chi connectivity index (χ3v) is 4.30. The molecule has 0 radical (unpaired) electrons. The minimum atomic E-state index is -0.429. The predicted molar refractivity (Wildman–Crippen MR) is 84.6 cm³/mol. The summed E-state index contributed by atoms with van der Waals surface area (Å²) in [7, 11) is 1.66. The topological polar surface area (TPSA) is 29.5 Å². The van der Waals surface area contributed by atoms with Gasteiger partial charge in [0, 0.05) is 21.2 Å². The van der Waals surface area contributed by atoms with Gasteiger partial charge in [-0.2, -0.15) is 0 Å². The Hall–Kier alpha value is -1.16. The van der Waals surface area contributed by atoms with E-state index in [0.717, 1.165) is 27.5 Å². The fourth-order valence-corrected chi connectivity index (χ4v) is 2.93. The summed E-state index contributed by atoms with van der Waals surface area (Å²) in [6.07, 6.45) is -0.429. The molecule has 1 unspecified atom stereocenters. The quantitative estimate of drug-likeness (QED) is 0.812. The van der Waals surface area contributed by atoms with Gasteiger partial charge in [0.1, 0.15) is 5.75 Å². The zero-order valence-corrected chi connectivity index (χ0v) is 13.0. The summed E-state index contributed by atoms with van der Waals surface area (Å²) in [6.45, 7) is 1.76. The minimum absolute atomic E-state index is 0.429. The summed E-state index contributed by atoms with van der Waals surface area (Å²) in [4.78, 5) is 1.15. The van der Waals surface area contributed by atoms with Crippen LogP contribution in [0.1, 0.15) is 24.2 Å². The first-order valence-corrected chi connectivity index (χ1v) is 7.69. The van der Waals surface area contributed by atoms with Crippen molar-refractivity contribution in [2.24, 2.45) is 0 Å². The van der Waals surface area contributed by atoms with Crippen LogP contribution in [0, 0.1) is 0 Å². The van der Waals surface area contributed by atoms with Gasteiger partial charge in [0.15, 0.2) is 0 Å². The van der Waals surface area contributed by atoms with Crippen molar-refractivity contribution in [2.45, 2.75) is 23.7 Å². The van der Waals surface area contributed by atoms with Crippen LogP contribution in [0.15, 0.2) is 47.4 Å². The number of halogens is 1. The van der Waals surface area contributed by atoms with E-state index in [2.05, 4.69) is 0 Å². The molecule has 0 heterocycles. The maximum atomic E-state index is 9.48. The Morgan fingerprint density at radius 1 is 1.20 bits per heavy atom. The van der Waals surface area contributed by atoms with Crippen molar-refractivity contribution < 1.29 is 9.84 Å². The van der Waals surface area contributed by atoms with Gasteiger partial charge in [-0.3, -0.25) is 0 Å². The van der Waals surface area contributed by atoms with Crippen molar-refractivity contribution in [1.29, 1.82) is 0 Å². The van der Waals surface area contributed by atoms with Gasteiger partial charge >= 0.3 is 0 Å². The molecule has 1 atom stereocenters. The predicted octanol–water partition coefficient (Wildman–Crippen LogP) is 4.69. The van der Waals surface area contributed by atoms with Gasteiger partial charge < -0.3 is 9.84 Å². The van der Waals surface area contributed by atoms with Crippen LogP contribution < -0.4 is 4.74 Å². The molecule has 2 aromatic carbocycles. The molecule has 1 N–H and O–H groups in total. The van der Waals surface area contributed by atoms with E-state index >= 15 is 0 Å². The van der Waals surface area contributed by atoms with E-state index < -0.39 is 6.10 Å². The van der Waals surface area contributed by atoms with Crippen LogP contribution in [0.25, 0.3) is 0 Å². The van der Waals surface area contributed by atoms with Crippen LogP contribution >= 0.6 is 23.4 Å². The average molecular weight is 309 g/mol.